The lowest BCUT2D eigenvalue weighted by Gasteiger charge is -2.23. The van der Waals surface area contributed by atoms with E-state index in [2.05, 4.69) is 21.2 Å². The molecule has 0 spiro atoms. The van der Waals surface area contributed by atoms with E-state index >= 15 is 0 Å². The quantitative estimate of drug-likeness (QED) is 0.508. The highest BCUT2D eigenvalue weighted by Crippen LogP contribution is 2.38. The number of ether oxygens (including phenoxy) is 3. The minimum atomic E-state index is -0.388. The third kappa shape index (κ3) is 5.13. The van der Waals surface area contributed by atoms with Crippen LogP contribution in [-0.2, 0) is 11.2 Å². The van der Waals surface area contributed by atoms with Gasteiger partial charge in [-0.05, 0) is 41.0 Å². The fraction of sp³-hybridized carbons (Fsp3) is 0.208. The molecule has 0 saturated heterocycles. The molecule has 30 heavy (non-hydrogen) atoms. The zero-order valence-corrected chi connectivity index (χ0v) is 18.7. The largest absolute Gasteiger partial charge is 0.497 e. The minimum absolute atomic E-state index is 0.0799. The van der Waals surface area contributed by atoms with Gasteiger partial charge in [-0.2, -0.15) is 0 Å². The maximum Gasteiger partial charge on any atom is 0.225 e. The number of hydrogen-bond acceptors (Lipinski definition) is 4. The molecule has 3 rings (SSSR count). The Morgan fingerprint density at radius 3 is 2.13 bits per heavy atom. The number of nitrogens with one attached hydrogen (secondary N) is 1. The second-order valence-electron chi connectivity index (χ2n) is 6.66. The number of amides is 1. The van der Waals surface area contributed by atoms with Crippen LogP contribution in [0.2, 0.25) is 0 Å². The average molecular weight is 470 g/mol. The average Bonchev–Trinajstić information content (AvgIpc) is 2.78. The summed E-state index contributed by atoms with van der Waals surface area (Å²) in [6, 6.07) is 20.6. The molecule has 1 unspecified atom stereocenters. The number of hydrogen-bond donors (Lipinski definition) is 1. The molecular formula is C24H24BrNO4. The van der Waals surface area contributed by atoms with Gasteiger partial charge < -0.3 is 19.5 Å². The van der Waals surface area contributed by atoms with Crippen molar-refractivity contribution in [2.75, 3.05) is 21.3 Å². The van der Waals surface area contributed by atoms with Gasteiger partial charge >= 0.3 is 0 Å². The fourth-order valence-electron chi connectivity index (χ4n) is 3.22. The summed E-state index contributed by atoms with van der Waals surface area (Å²) in [7, 11) is 4.80. The lowest BCUT2D eigenvalue weighted by atomic mass is 9.97. The third-order valence-corrected chi connectivity index (χ3v) is 5.46. The Bertz CT molecular complexity index is 990. The molecule has 0 radical (unpaired) electrons. The van der Waals surface area contributed by atoms with E-state index in [0.717, 1.165) is 26.9 Å². The Kier molecular flexibility index (Phi) is 7.36. The Morgan fingerprint density at radius 2 is 1.53 bits per heavy atom. The Hall–Kier alpha value is -2.99. The third-order valence-electron chi connectivity index (χ3n) is 4.78. The highest BCUT2D eigenvalue weighted by atomic mass is 79.9. The van der Waals surface area contributed by atoms with E-state index in [1.165, 1.54) is 0 Å². The van der Waals surface area contributed by atoms with Crippen molar-refractivity contribution in [1.82, 2.24) is 5.32 Å². The molecular weight excluding hydrogens is 446 g/mol. The smallest absolute Gasteiger partial charge is 0.225 e. The zero-order valence-electron chi connectivity index (χ0n) is 17.1. The highest BCUT2D eigenvalue weighted by Gasteiger charge is 2.22. The summed E-state index contributed by atoms with van der Waals surface area (Å²) in [5, 5.41) is 3.16. The van der Waals surface area contributed by atoms with Gasteiger partial charge in [0, 0.05) is 4.47 Å². The molecule has 0 aliphatic carbocycles. The Morgan fingerprint density at radius 1 is 0.900 bits per heavy atom. The molecule has 0 bridgehead atoms. The molecule has 0 aliphatic rings. The van der Waals surface area contributed by atoms with E-state index in [9.17, 15) is 4.79 Å². The van der Waals surface area contributed by atoms with Crippen molar-refractivity contribution in [2.24, 2.45) is 0 Å². The molecule has 1 amide bonds. The van der Waals surface area contributed by atoms with Gasteiger partial charge in [0.2, 0.25) is 5.91 Å². The summed E-state index contributed by atoms with van der Waals surface area (Å²) in [6.45, 7) is 0. The molecule has 6 heteroatoms. The molecule has 0 saturated carbocycles. The summed E-state index contributed by atoms with van der Waals surface area (Å²) in [6.07, 6.45) is 0.290. The first-order valence-corrected chi connectivity index (χ1v) is 10.2. The van der Waals surface area contributed by atoms with Crippen LogP contribution < -0.4 is 19.5 Å². The first-order chi connectivity index (χ1) is 14.5. The molecule has 1 atom stereocenters. The normalized spacial score (nSPS) is 11.5. The maximum atomic E-state index is 12.9. The number of rotatable bonds is 8. The van der Waals surface area contributed by atoms with Crippen LogP contribution in [0.15, 0.2) is 71.2 Å². The molecule has 0 aliphatic heterocycles. The van der Waals surface area contributed by atoms with Crippen LogP contribution in [0.5, 0.6) is 17.2 Å². The predicted octanol–water partition coefficient (Wildman–Crippen LogP) is 4.92. The molecule has 5 nitrogen and oxygen atoms in total. The lowest BCUT2D eigenvalue weighted by Crippen LogP contribution is -2.30. The van der Waals surface area contributed by atoms with Gasteiger partial charge in [-0.1, -0.05) is 58.4 Å². The van der Waals surface area contributed by atoms with Crippen LogP contribution in [-0.4, -0.2) is 27.2 Å². The van der Waals surface area contributed by atoms with E-state index < -0.39 is 0 Å². The van der Waals surface area contributed by atoms with Crippen molar-refractivity contribution >= 4 is 21.8 Å². The molecule has 0 aromatic heterocycles. The van der Waals surface area contributed by atoms with E-state index in [4.69, 9.17) is 14.2 Å². The molecule has 3 aromatic carbocycles. The van der Waals surface area contributed by atoms with Crippen LogP contribution >= 0.6 is 15.9 Å². The van der Waals surface area contributed by atoms with E-state index in [1.54, 1.807) is 21.3 Å². The minimum Gasteiger partial charge on any atom is -0.497 e. The van der Waals surface area contributed by atoms with Gasteiger partial charge in [-0.15, -0.1) is 0 Å². The van der Waals surface area contributed by atoms with E-state index in [0.29, 0.717) is 17.9 Å². The molecule has 1 N–H and O–H groups in total. The van der Waals surface area contributed by atoms with Gasteiger partial charge in [0.05, 0.1) is 33.8 Å². The topological polar surface area (TPSA) is 56.8 Å². The summed E-state index contributed by atoms with van der Waals surface area (Å²) in [5.74, 6) is 1.87. The second-order valence-corrected chi connectivity index (χ2v) is 7.52. The van der Waals surface area contributed by atoms with Gasteiger partial charge in [0.25, 0.3) is 0 Å². The number of carbonyl (C=O) groups excluding carboxylic acids is 1. The standard InChI is InChI=1S/C24H24BrNO4/c1-28-18-11-9-17(10-12-18)24(26-23(27)13-16-7-5-4-6-8-16)19-14-21(29-2)22(30-3)15-20(19)25/h4-12,14-15,24H,13H2,1-3H3,(H,26,27). The van der Waals surface area contributed by atoms with Crippen molar-refractivity contribution in [3.8, 4) is 17.2 Å². The van der Waals surface area contributed by atoms with Crippen LogP contribution in [0.4, 0.5) is 0 Å². The number of benzene rings is 3. The van der Waals surface area contributed by atoms with Gasteiger partial charge in [0.15, 0.2) is 11.5 Å². The van der Waals surface area contributed by atoms with Gasteiger partial charge in [-0.3, -0.25) is 4.79 Å². The first kappa shape index (κ1) is 21.7. The molecule has 3 aromatic rings. The van der Waals surface area contributed by atoms with Crippen LogP contribution in [0.3, 0.4) is 0 Å². The van der Waals surface area contributed by atoms with Crippen molar-refractivity contribution < 1.29 is 19.0 Å². The zero-order chi connectivity index (χ0) is 21.5. The highest BCUT2D eigenvalue weighted by molar-refractivity contribution is 9.10. The maximum absolute atomic E-state index is 12.9. The summed E-state index contributed by atoms with van der Waals surface area (Å²) < 4.78 is 16.9. The Labute approximate surface area is 185 Å². The van der Waals surface area contributed by atoms with Crippen molar-refractivity contribution in [2.45, 2.75) is 12.5 Å². The summed E-state index contributed by atoms with van der Waals surface area (Å²) >= 11 is 3.62. The number of methoxy groups -OCH3 is 3. The fourth-order valence-corrected chi connectivity index (χ4v) is 3.77. The van der Waals surface area contributed by atoms with E-state index in [1.807, 2.05) is 66.7 Å². The van der Waals surface area contributed by atoms with Crippen LogP contribution in [0, 0.1) is 0 Å². The second kappa shape index (κ2) is 10.2. The summed E-state index contributed by atoms with van der Waals surface area (Å²) in [4.78, 5) is 12.9. The first-order valence-electron chi connectivity index (χ1n) is 9.44. The summed E-state index contributed by atoms with van der Waals surface area (Å²) in [5.41, 5.74) is 2.74. The SMILES string of the molecule is COc1ccc(C(NC(=O)Cc2ccccc2)c2cc(OC)c(OC)cc2Br)cc1. The van der Waals surface area contributed by atoms with Crippen molar-refractivity contribution in [3.63, 3.8) is 0 Å². The van der Waals surface area contributed by atoms with Gasteiger partial charge in [0.1, 0.15) is 5.75 Å². The number of carbonyl (C=O) groups is 1. The molecule has 156 valence electrons. The van der Waals surface area contributed by atoms with Crippen molar-refractivity contribution in [3.05, 3.63) is 87.9 Å². The number of halogens is 1. The Balaban J connectivity index is 1.98. The van der Waals surface area contributed by atoms with E-state index in [-0.39, 0.29) is 11.9 Å². The van der Waals surface area contributed by atoms with Crippen LogP contribution in [0.1, 0.15) is 22.7 Å². The monoisotopic (exact) mass is 469 g/mol. The van der Waals surface area contributed by atoms with Crippen LogP contribution in [0.25, 0.3) is 0 Å². The van der Waals surface area contributed by atoms with Gasteiger partial charge in [-0.25, -0.2) is 0 Å². The molecule has 0 heterocycles. The van der Waals surface area contributed by atoms with Crippen molar-refractivity contribution in [1.29, 1.82) is 0 Å². The lowest BCUT2D eigenvalue weighted by molar-refractivity contribution is -0.120. The predicted molar refractivity (Wildman–Crippen MR) is 120 cm³/mol. The molecule has 0 fully saturated rings.